The molecule has 0 saturated carbocycles. The summed E-state index contributed by atoms with van der Waals surface area (Å²) in [6.45, 7) is -0.0616. The smallest absolute Gasteiger partial charge is 0.254 e. The van der Waals surface area contributed by atoms with Gasteiger partial charge in [0.15, 0.2) is 11.0 Å². The van der Waals surface area contributed by atoms with Gasteiger partial charge in [-0.3, -0.25) is 14.2 Å². The quantitative estimate of drug-likeness (QED) is 0.164. The maximum atomic E-state index is 14.3. The fourth-order valence-electron chi connectivity index (χ4n) is 5.44. The zero-order valence-electron chi connectivity index (χ0n) is 27.0. The number of thioether (sulfide) groups is 1. The predicted molar refractivity (Wildman–Crippen MR) is 183 cm³/mol. The van der Waals surface area contributed by atoms with Gasteiger partial charge in [0.2, 0.25) is 0 Å². The molecule has 2 amide bonds. The molecular formula is C36H33FN6O5S. The van der Waals surface area contributed by atoms with E-state index in [2.05, 4.69) is 15.5 Å². The lowest BCUT2D eigenvalue weighted by Crippen LogP contribution is -2.28. The third-order valence-corrected chi connectivity index (χ3v) is 8.88. The first-order chi connectivity index (χ1) is 23.9. The molecule has 5 aromatic rings. The van der Waals surface area contributed by atoms with Crippen molar-refractivity contribution in [3.05, 3.63) is 125 Å². The minimum atomic E-state index is -0.631. The maximum Gasteiger partial charge on any atom is 0.254 e. The van der Waals surface area contributed by atoms with Crippen LogP contribution >= 0.6 is 11.8 Å². The summed E-state index contributed by atoms with van der Waals surface area (Å²) in [6, 6.07) is 27.8. The molecule has 1 aliphatic heterocycles. The van der Waals surface area contributed by atoms with Gasteiger partial charge in [-0.1, -0.05) is 48.2 Å². The third kappa shape index (κ3) is 7.26. The zero-order valence-corrected chi connectivity index (χ0v) is 27.8. The van der Waals surface area contributed by atoms with Crippen molar-refractivity contribution in [3.63, 3.8) is 0 Å². The van der Waals surface area contributed by atoms with Gasteiger partial charge >= 0.3 is 0 Å². The van der Waals surface area contributed by atoms with E-state index >= 15 is 0 Å². The molecular weight excluding hydrogens is 647 g/mol. The van der Waals surface area contributed by atoms with Crippen LogP contribution in [0.3, 0.4) is 0 Å². The Balaban J connectivity index is 1.27. The molecule has 6 rings (SSSR count). The summed E-state index contributed by atoms with van der Waals surface area (Å²) in [6.07, 6.45) is 0.512. The minimum absolute atomic E-state index is 0.0130. The zero-order chi connectivity index (χ0) is 34.3. The fraction of sp³-hybridized carbons (Fsp3) is 0.194. The van der Waals surface area contributed by atoms with Gasteiger partial charge < -0.3 is 19.5 Å². The summed E-state index contributed by atoms with van der Waals surface area (Å²) in [5, 5.41) is 18.1. The Morgan fingerprint density at radius 2 is 1.53 bits per heavy atom. The Morgan fingerprint density at radius 1 is 0.857 bits per heavy atom. The Morgan fingerprint density at radius 3 is 2.22 bits per heavy atom. The number of aromatic nitrogens is 3. The molecule has 4 aromatic carbocycles. The first-order valence-corrected chi connectivity index (χ1v) is 16.3. The Bertz CT molecular complexity index is 1980. The van der Waals surface area contributed by atoms with E-state index < -0.39 is 11.7 Å². The van der Waals surface area contributed by atoms with Crippen molar-refractivity contribution in [1.29, 1.82) is 0 Å². The topological polar surface area (TPSA) is 120 Å². The van der Waals surface area contributed by atoms with Crippen LogP contribution in [0.25, 0.3) is 5.69 Å². The van der Waals surface area contributed by atoms with Gasteiger partial charge in [0, 0.05) is 6.42 Å². The second kappa shape index (κ2) is 15.0. The number of amides is 2. The molecule has 0 aliphatic carbocycles. The molecule has 11 nitrogen and oxygen atoms in total. The van der Waals surface area contributed by atoms with E-state index in [4.69, 9.17) is 19.3 Å². The Labute approximate surface area is 286 Å². The maximum absolute atomic E-state index is 14.3. The summed E-state index contributed by atoms with van der Waals surface area (Å²) >= 11 is 1.18. The standard InChI is InChI=1S/C36H33FN6O5S/c1-46-25-16-12-23(13-17-25)29-20-31(24-14-18-26(47-2)19-15-24)43(41-29)34(44)22-49-36-40-39-33(42(36)30-10-6-7-11-32(30)48-3)21-38-35(45)27-8-4-5-9-28(27)37/h4-19,31H,20-22H2,1-3H3,(H,38,45). The number of nitrogens with one attached hydrogen (secondary N) is 1. The van der Waals surface area contributed by atoms with Crippen LogP contribution in [0.2, 0.25) is 0 Å². The van der Waals surface area contributed by atoms with Crippen molar-refractivity contribution >= 4 is 29.3 Å². The van der Waals surface area contributed by atoms with Gasteiger partial charge in [-0.05, 0) is 71.8 Å². The summed E-state index contributed by atoms with van der Waals surface area (Å²) in [5.74, 6) is 0.854. The number of nitrogens with zero attached hydrogens (tertiary/aromatic N) is 5. The second-order valence-corrected chi connectivity index (χ2v) is 11.8. The van der Waals surface area contributed by atoms with Crippen molar-refractivity contribution in [2.45, 2.75) is 24.2 Å². The molecule has 13 heteroatoms. The average molecular weight is 681 g/mol. The molecule has 0 fully saturated rings. The van der Waals surface area contributed by atoms with Crippen LogP contribution in [0.4, 0.5) is 4.39 Å². The van der Waals surface area contributed by atoms with Gasteiger partial charge in [-0.25, -0.2) is 9.40 Å². The van der Waals surface area contributed by atoms with E-state index in [0.29, 0.717) is 34.6 Å². The number of carbonyl (C=O) groups is 2. The van der Waals surface area contributed by atoms with Crippen molar-refractivity contribution < 1.29 is 28.2 Å². The van der Waals surface area contributed by atoms with Crippen LogP contribution in [0.1, 0.15) is 39.8 Å². The highest BCUT2D eigenvalue weighted by molar-refractivity contribution is 7.99. The van der Waals surface area contributed by atoms with E-state index in [1.165, 1.54) is 35.0 Å². The average Bonchev–Trinajstić information content (AvgIpc) is 3.78. The van der Waals surface area contributed by atoms with Crippen molar-refractivity contribution in [3.8, 4) is 22.9 Å². The molecule has 2 heterocycles. The van der Waals surface area contributed by atoms with Crippen molar-refractivity contribution in [2.75, 3.05) is 27.1 Å². The van der Waals surface area contributed by atoms with E-state index in [1.54, 1.807) is 38.0 Å². The molecule has 1 aliphatic rings. The van der Waals surface area contributed by atoms with Crippen LogP contribution in [-0.4, -0.2) is 64.4 Å². The largest absolute Gasteiger partial charge is 0.497 e. The van der Waals surface area contributed by atoms with Crippen LogP contribution in [0, 0.1) is 5.82 Å². The van der Waals surface area contributed by atoms with E-state index in [9.17, 15) is 14.0 Å². The lowest BCUT2D eigenvalue weighted by atomic mass is 9.98. The summed E-state index contributed by atoms with van der Waals surface area (Å²) < 4.78 is 32.3. The highest BCUT2D eigenvalue weighted by Crippen LogP contribution is 2.35. The summed E-state index contributed by atoms with van der Waals surface area (Å²) in [4.78, 5) is 26.8. The van der Waals surface area contributed by atoms with Gasteiger partial charge in [-0.2, -0.15) is 5.10 Å². The number of hydrogen-bond donors (Lipinski definition) is 1. The SMILES string of the molecule is COc1ccc(C2=NN(C(=O)CSc3nnc(CNC(=O)c4ccccc4F)n3-c3ccccc3OC)C(c3ccc(OC)cc3)C2)cc1. The lowest BCUT2D eigenvalue weighted by Gasteiger charge is -2.22. The van der Waals surface area contributed by atoms with Gasteiger partial charge in [0.25, 0.3) is 11.8 Å². The molecule has 1 atom stereocenters. The number of hydrogen-bond acceptors (Lipinski definition) is 9. The fourth-order valence-corrected chi connectivity index (χ4v) is 6.26. The van der Waals surface area contributed by atoms with Crippen LogP contribution < -0.4 is 19.5 Å². The first-order valence-electron chi connectivity index (χ1n) is 15.3. The number of methoxy groups -OCH3 is 3. The number of benzene rings is 4. The number of para-hydroxylation sites is 2. The summed E-state index contributed by atoms with van der Waals surface area (Å²) in [5.41, 5.74) is 3.10. The third-order valence-electron chi connectivity index (χ3n) is 7.97. The van der Waals surface area contributed by atoms with Gasteiger partial charge in [-0.15, -0.1) is 10.2 Å². The Kier molecular flexibility index (Phi) is 10.2. The van der Waals surface area contributed by atoms with E-state index in [0.717, 1.165) is 22.6 Å². The predicted octanol–water partition coefficient (Wildman–Crippen LogP) is 5.83. The van der Waals surface area contributed by atoms with E-state index in [1.807, 2.05) is 66.7 Å². The molecule has 1 aromatic heterocycles. The lowest BCUT2D eigenvalue weighted by molar-refractivity contribution is -0.130. The number of hydrazone groups is 1. The molecule has 1 unspecified atom stereocenters. The van der Waals surface area contributed by atoms with E-state index in [-0.39, 0.29) is 29.8 Å². The number of rotatable bonds is 12. The molecule has 0 spiro atoms. The van der Waals surface area contributed by atoms with Crippen LogP contribution in [0.15, 0.2) is 107 Å². The van der Waals surface area contributed by atoms with Gasteiger partial charge in [0.05, 0.1) is 56.6 Å². The van der Waals surface area contributed by atoms with Gasteiger partial charge in [0.1, 0.15) is 23.1 Å². The molecule has 0 radical (unpaired) electrons. The van der Waals surface area contributed by atoms with Crippen molar-refractivity contribution in [1.82, 2.24) is 25.1 Å². The molecule has 0 saturated heterocycles. The van der Waals surface area contributed by atoms with Crippen molar-refractivity contribution in [2.24, 2.45) is 5.10 Å². The highest BCUT2D eigenvalue weighted by Gasteiger charge is 2.33. The second-order valence-electron chi connectivity index (χ2n) is 10.9. The van der Waals surface area contributed by atoms with Crippen LogP contribution in [0.5, 0.6) is 17.2 Å². The number of ether oxygens (including phenoxy) is 3. The number of halogens is 1. The minimum Gasteiger partial charge on any atom is -0.497 e. The molecule has 0 bridgehead atoms. The van der Waals surface area contributed by atoms with Crippen LogP contribution in [-0.2, 0) is 11.3 Å². The highest BCUT2D eigenvalue weighted by atomic mass is 32.2. The Hall–Kier alpha value is -5.69. The first kappa shape index (κ1) is 33.2. The molecule has 250 valence electrons. The monoisotopic (exact) mass is 680 g/mol. The number of carbonyl (C=O) groups excluding carboxylic acids is 2. The normalized spacial score (nSPS) is 13.9. The summed E-state index contributed by atoms with van der Waals surface area (Å²) in [7, 11) is 4.76. The molecule has 49 heavy (non-hydrogen) atoms. The molecule has 1 N–H and O–H groups in total.